The summed E-state index contributed by atoms with van der Waals surface area (Å²) in [5.74, 6) is 2.37. The summed E-state index contributed by atoms with van der Waals surface area (Å²) in [4.78, 5) is 14.1. The number of phenolic OH excluding ortho intramolecular Hbond substituents is 1. The highest BCUT2D eigenvalue weighted by atomic mass is 16.3. The number of aryl methyl sites for hydroxylation is 1. The summed E-state index contributed by atoms with van der Waals surface area (Å²) in [7, 11) is 3.70. The van der Waals surface area contributed by atoms with Crippen LogP contribution in [0.25, 0.3) is 22.4 Å². The molecule has 2 aromatic heterocycles. The van der Waals surface area contributed by atoms with Crippen molar-refractivity contribution in [2.24, 2.45) is 18.9 Å². The van der Waals surface area contributed by atoms with Crippen LogP contribution in [0.15, 0.2) is 47.4 Å². The molecule has 1 aliphatic carbocycles. The molecule has 0 amide bonds. The molecule has 4 rings (SSSR count). The van der Waals surface area contributed by atoms with Crippen LogP contribution in [0.5, 0.6) is 5.75 Å². The molecule has 0 saturated heterocycles. The van der Waals surface area contributed by atoms with Crippen LogP contribution in [-0.4, -0.2) is 38.2 Å². The lowest BCUT2D eigenvalue weighted by atomic mass is 9.98. The third kappa shape index (κ3) is 4.66. The monoisotopic (exact) mass is 433 g/mol. The highest BCUT2D eigenvalue weighted by molar-refractivity contribution is 5.74. The molecule has 7 heteroatoms. The van der Waals surface area contributed by atoms with E-state index in [1.165, 1.54) is 36.4 Å². The average molecular weight is 434 g/mol. The van der Waals surface area contributed by atoms with Crippen molar-refractivity contribution in [2.45, 2.75) is 45.6 Å². The molecule has 1 aliphatic rings. The number of rotatable bonds is 4. The Labute approximate surface area is 188 Å². The normalized spacial score (nSPS) is 21.2. The van der Waals surface area contributed by atoms with Crippen molar-refractivity contribution in [3.8, 4) is 28.1 Å². The molecule has 0 unspecified atom stereocenters. The largest absolute Gasteiger partial charge is 0.507 e. The van der Waals surface area contributed by atoms with E-state index in [9.17, 15) is 9.90 Å². The van der Waals surface area contributed by atoms with Crippen LogP contribution < -0.4 is 10.5 Å². The molecule has 1 aromatic carbocycles. The van der Waals surface area contributed by atoms with Gasteiger partial charge in [0.1, 0.15) is 5.75 Å². The van der Waals surface area contributed by atoms with Gasteiger partial charge in [-0.25, -0.2) is 4.68 Å². The van der Waals surface area contributed by atoms with Crippen LogP contribution in [0.3, 0.4) is 0 Å². The number of nitrogens with zero attached hydrogens (tertiary/aromatic N) is 5. The maximum Gasteiger partial charge on any atom is 0.267 e. The molecule has 0 spiro atoms. The molecule has 2 heterocycles. The highest BCUT2D eigenvalue weighted by Crippen LogP contribution is 2.34. The molecular weight excluding hydrogens is 402 g/mol. The first kappa shape index (κ1) is 22.0. The Hall–Kier alpha value is -3.22. The fourth-order valence-corrected chi connectivity index (χ4v) is 4.55. The predicted molar refractivity (Wildman–Crippen MR) is 127 cm³/mol. The van der Waals surface area contributed by atoms with E-state index in [0.717, 1.165) is 23.2 Å². The topological polar surface area (TPSA) is 84.1 Å². The Morgan fingerprint density at radius 2 is 1.72 bits per heavy atom. The minimum atomic E-state index is -0.200. The first-order valence-corrected chi connectivity index (χ1v) is 11.3. The van der Waals surface area contributed by atoms with E-state index in [2.05, 4.69) is 41.1 Å². The van der Waals surface area contributed by atoms with E-state index in [-0.39, 0.29) is 11.3 Å². The average Bonchev–Trinajstić information content (AvgIpc) is 2.95. The zero-order valence-corrected chi connectivity index (χ0v) is 19.2. The van der Waals surface area contributed by atoms with Gasteiger partial charge in [0.15, 0.2) is 5.82 Å². The Bertz CT molecular complexity index is 1130. The zero-order valence-electron chi connectivity index (χ0n) is 19.2. The Morgan fingerprint density at radius 3 is 2.31 bits per heavy atom. The molecule has 0 radical (unpaired) electrons. The van der Waals surface area contributed by atoms with Crippen molar-refractivity contribution in [3.05, 3.63) is 52.9 Å². The third-order valence-electron chi connectivity index (χ3n) is 6.64. The maximum absolute atomic E-state index is 11.9. The van der Waals surface area contributed by atoms with Crippen molar-refractivity contribution in [1.82, 2.24) is 20.0 Å². The number of benzene rings is 1. The van der Waals surface area contributed by atoms with Crippen LogP contribution in [0.4, 0.5) is 5.82 Å². The van der Waals surface area contributed by atoms with Gasteiger partial charge in [0.2, 0.25) is 0 Å². The van der Waals surface area contributed by atoms with Crippen molar-refractivity contribution in [3.63, 3.8) is 0 Å². The Kier molecular flexibility index (Phi) is 6.26. The fraction of sp³-hybridized carbons (Fsp3) is 0.440. The minimum absolute atomic E-state index is 0.0880. The number of hydrogen-bond donors (Lipinski definition) is 1. The number of aromatic nitrogens is 4. The number of anilines is 1. The van der Waals surface area contributed by atoms with Gasteiger partial charge < -0.3 is 10.0 Å². The number of aromatic hydroxyl groups is 1. The van der Waals surface area contributed by atoms with E-state index in [0.29, 0.717) is 22.9 Å². The molecule has 0 aliphatic heterocycles. The SMILES string of the molecule is C[C@@H]1CC[C@H](C)C[C@@H](N(C)c2ccc(-c3ccc(-c4cnn(C)c(=O)c4)cc3O)nn2)C1. The number of phenols is 1. The molecule has 7 nitrogen and oxygen atoms in total. The van der Waals surface area contributed by atoms with Gasteiger partial charge in [0, 0.05) is 37.3 Å². The summed E-state index contributed by atoms with van der Waals surface area (Å²) in [6, 6.07) is 11.1. The van der Waals surface area contributed by atoms with Gasteiger partial charge in [0.05, 0.1) is 11.9 Å². The second-order valence-electron chi connectivity index (χ2n) is 9.24. The van der Waals surface area contributed by atoms with E-state index in [1.807, 2.05) is 18.2 Å². The molecular formula is C25H31N5O2. The lowest BCUT2D eigenvalue weighted by Gasteiger charge is -2.30. The van der Waals surface area contributed by atoms with E-state index < -0.39 is 0 Å². The highest BCUT2D eigenvalue weighted by Gasteiger charge is 2.25. The molecule has 32 heavy (non-hydrogen) atoms. The first-order chi connectivity index (χ1) is 15.3. The van der Waals surface area contributed by atoms with Gasteiger partial charge in [-0.1, -0.05) is 32.8 Å². The first-order valence-electron chi connectivity index (χ1n) is 11.3. The van der Waals surface area contributed by atoms with Gasteiger partial charge in [-0.2, -0.15) is 5.10 Å². The maximum atomic E-state index is 11.9. The Morgan fingerprint density at radius 1 is 1.00 bits per heavy atom. The summed E-state index contributed by atoms with van der Waals surface area (Å²) in [6.07, 6.45) is 6.53. The molecule has 1 N–H and O–H groups in total. The van der Waals surface area contributed by atoms with Crippen molar-refractivity contribution in [1.29, 1.82) is 0 Å². The molecule has 168 valence electrons. The second-order valence-corrected chi connectivity index (χ2v) is 9.24. The molecule has 3 aromatic rings. The summed E-state index contributed by atoms with van der Waals surface area (Å²) in [5, 5.41) is 23.5. The van der Waals surface area contributed by atoms with E-state index in [1.54, 1.807) is 25.4 Å². The standard InChI is InChI=1S/C25H31N5O2/c1-16-5-6-17(2)12-20(11-16)29(3)24-10-9-22(27-28-24)21-8-7-18(13-23(21)31)19-14-25(32)30(4)26-15-19/h7-10,13-17,20,31H,5-6,11-12H2,1-4H3/t16-,17+,20+. The summed E-state index contributed by atoms with van der Waals surface area (Å²) in [6.45, 7) is 4.67. The Balaban J connectivity index is 1.54. The van der Waals surface area contributed by atoms with Gasteiger partial charge in [-0.15, -0.1) is 10.2 Å². The minimum Gasteiger partial charge on any atom is -0.507 e. The van der Waals surface area contributed by atoms with Crippen LogP contribution >= 0.6 is 0 Å². The van der Waals surface area contributed by atoms with Gasteiger partial charge in [-0.3, -0.25) is 4.79 Å². The van der Waals surface area contributed by atoms with Crippen LogP contribution in [-0.2, 0) is 7.05 Å². The second kappa shape index (κ2) is 9.10. The van der Waals surface area contributed by atoms with E-state index >= 15 is 0 Å². The predicted octanol–water partition coefficient (Wildman–Crippen LogP) is 4.26. The van der Waals surface area contributed by atoms with Crippen LogP contribution in [0.1, 0.15) is 39.5 Å². The summed E-state index contributed by atoms with van der Waals surface area (Å²) >= 11 is 0. The quantitative estimate of drug-likeness (QED) is 0.619. The molecule has 0 bridgehead atoms. The van der Waals surface area contributed by atoms with Crippen molar-refractivity contribution >= 4 is 5.82 Å². The van der Waals surface area contributed by atoms with Crippen LogP contribution in [0.2, 0.25) is 0 Å². The molecule has 1 saturated carbocycles. The molecule has 3 atom stereocenters. The third-order valence-corrected chi connectivity index (χ3v) is 6.64. The van der Waals surface area contributed by atoms with Gasteiger partial charge in [-0.05, 0) is 54.5 Å². The lowest BCUT2D eigenvalue weighted by Crippen LogP contribution is -2.34. The van der Waals surface area contributed by atoms with Gasteiger partial charge >= 0.3 is 0 Å². The number of hydrogen-bond acceptors (Lipinski definition) is 6. The summed E-state index contributed by atoms with van der Waals surface area (Å²) in [5.41, 5.74) is 2.39. The summed E-state index contributed by atoms with van der Waals surface area (Å²) < 4.78 is 1.27. The smallest absolute Gasteiger partial charge is 0.267 e. The lowest BCUT2D eigenvalue weighted by molar-refractivity contribution is 0.446. The van der Waals surface area contributed by atoms with E-state index in [4.69, 9.17) is 0 Å². The molecule has 1 fully saturated rings. The van der Waals surface area contributed by atoms with Crippen LogP contribution in [0, 0.1) is 11.8 Å². The zero-order chi connectivity index (χ0) is 22.8. The van der Waals surface area contributed by atoms with Crippen molar-refractivity contribution < 1.29 is 5.11 Å². The van der Waals surface area contributed by atoms with Gasteiger partial charge in [0.25, 0.3) is 5.56 Å². The van der Waals surface area contributed by atoms with Crippen molar-refractivity contribution in [2.75, 3.05) is 11.9 Å². The fourth-order valence-electron chi connectivity index (χ4n) is 4.55.